The van der Waals surface area contributed by atoms with E-state index in [-0.39, 0.29) is 22.8 Å². The number of rotatable bonds is 5. The van der Waals surface area contributed by atoms with Crippen molar-refractivity contribution in [1.82, 2.24) is 14.8 Å². The second-order valence-electron chi connectivity index (χ2n) is 5.68. The minimum atomic E-state index is -1.04. The van der Waals surface area contributed by atoms with E-state index in [1.807, 2.05) is 0 Å². The molecule has 1 fully saturated rings. The van der Waals surface area contributed by atoms with E-state index in [0.717, 1.165) is 0 Å². The van der Waals surface area contributed by atoms with Gasteiger partial charge >= 0.3 is 5.97 Å². The normalized spacial score (nSPS) is 15.8. The van der Waals surface area contributed by atoms with Crippen molar-refractivity contribution in [2.75, 3.05) is 6.54 Å². The number of aromatic nitrogens is 1. The first kappa shape index (κ1) is 18.3. The highest BCUT2D eigenvalue weighted by Crippen LogP contribution is 2.19. The first-order valence-electron chi connectivity index (χ1n) is 7.93. The molecule has 1 saturated heterocycles. The second-order valence-corrected chi connectivity index (χ2v) is 6.07. The van der Waals surface area contributed by atoms with Gasteiger partial charge in [0.2, 0.25) is 0 Å². The van der Waals surface area contributed by atoms with E-state index in [2.05, 4.69) is 11.9 Å². The molecule has 27 heavy (non-hydrogen) atoms. The maximum absolute atomic E-state index is 12.6. The number of carbonyl (C=O) groups is 3. The summed E-state index contributed by atoms with van der Waals surface area (Å²) in [5.74, 6) is -2.15. The fourth-order valence-corrected chi connectivity index (χ4v) is 2.92. The standard InChI is InChI=1S/C19H15N3O4S/c1-2-8-22-17(24)15(16(23)20-19(22)27)11-14-7-4-9-21(14)13-6-3-5-12(10-13)18(25)26/h2-7,9-11H,1,8H2,(H,25,26)(H,20,23,27)/b15-11+. The van der Waals surface area contributed by atoms with E-state index >= 15 is 0 Å². The van der Waals surface area contributed by atoms with Gasteiger partial charge in [-0.25, -0.2) is 4.79 Å². The van der Waals surface area contributed by atoms with Gasteiger partial charge in [0.1, 0.15) is 5.57 Å². The molecule has 7 nitrogen and oxygen atoms in total. The van der Waals surface area contributed by atoms with Crippen molar-refractivity contribution in [3.8, 4) is 5.69 Å². The zero-order chi connectivity index (χ0) is 19.6. The zero-order valence-corrected chi connectivity index (χ0v) is 14.9. The van der Waals surface area contributed by atoms with Gasteiger partial charge in [0, 0.05) is 24.1 Å². The molecule has 0 radical (unpaired) electrons. The fourth-order valence-electron chi connectivity index (χ4n) is 2.67. The van der Waals surface area contributed by atoms with Crippen LogP contribution in [0.15, 0.2) is 60.8 Å². The van der Waals surface area contributed by atoms with Crippen LogP contribution in [0.5, 0.6) is 0 Å². The number of hydrogen-bond donors (Lipinski definition) is 2. The lowest BCUT2D eigenvalue weighted by Gasteiger charge is -2.27. The number of hydrogen-bond acceptors (Lipinski definition) is 4. The third-order valence-electron chi connectivity index (χ3n) is 3.94. The van der Waals surface area contributed by atoms with E-state index in [4.69, 9.17) is 17.3 Å². The van der Waals surface area contributed by atoms with Crippen molar-refractivity contribution in [2.45, 2.75) is 0 Å². The van der Waals surface area contributed by atoms with Gasteiger partial charge in [-0.2, -0.15) is 0 Å². The Morgan fingerprint density at radius 2 is 2.04 bits per heavy atom. The molecule has 1 aromatic carbocycles. The van der Waals surface area contributed by atoms with Crippen LogP contribution in [0.2, 0.25) is 0 Å². The van der Waals surface area contributed by atoms with Crippen LogP contribution in [0.3, 0.4) is 0 Å². The number of benzene rings is 1. The average molecular weight is 381 g/mol. The molecule has 3 rings (SSSR count). The van der Waals surface area contributed by atoms with Crippen molar-refractivity contribution in [3.63, 3.8) is 0 Å². The molecule has 0 spiro atoms. The number of thiocarbonyl (C=S) groups is 1. The van der Waals surface area contributed by atoms with E-state index in [1.165, 1.54) is 29.2 Å². The van der Waals surface area contributed by atoms with Crippen molar-refractivity contribution in [3.05, 3.63) is 72.1 Å². The van der Waals surface area contributed by atoms with Crippen molar-refractivity contribution >= 4 is 41.2 Å². The maximum Gasteiger partial charge on any atom is 0.335 e. The minimum Gasteiger partial charge on any atom is -0.478 e. The number of amides is 2. The molecule has 0 unspecified atom stereocenters. The maximum atomic E-state index is 12.6. The predicted octanol–water partition coefficient (Wildman–Crippen LogP) is 1.99. The largest absolute Gasteiger partial charge is 0.478 e. The highest BCUT2D eigenvalue weighted by Gasteiger charge is 2.32. The molecule has 0 atom stereocenters. The highest BCUT2D eigenvalue weighted by atomic mass is 32.1. The van der Waals surface area contributed by atoms with Crippen LogP contribution in [0.1, 0.15) is 16.1 Å². The molecule has 2 aromatic rings. The molecule has 2 N–H and O–H groups in total. The van der Waals surface area contributed by atoms with E-state index < -0.39 is 17.8 Å². The molecule has 1 aromatic heterocycles. The molecule has 136 valence electrons. The number of carbonyl (C=O) groups excluding carboxylic acids is 2. The molecule has 0 saturated carbocycles. The van der Waals surface area contributed by atoms with Gasteiger partial charge in [0.15, 0.2) is 5.11 Å². The third-order valence-corrected chi connectivity index (χ3v) is 4.26. The zero-order valence-electron chi connectivity index (χ0n) is 14.1. The van der Waals surface area contributed by atoms with Crippen molar-refractivity contribution in [2.24, 2.45) is 0 Å². The Balaban J connectivity index is 2.02. The van der Waals surface area contributed by atoms with E-state index in [0.29, 0.717) is 11.4 Å². The van der Waals surface area contributed by atoms with Crippen LogP contribution in [0.25, 0.3) is 11.8 Å². The Bertz CT molecular complexity index is 1010. The van der Waals surface area contributed by atoms with Gasteiger partial charge in [0.05, 0.1) is 5.56 Å². The molecule has 0 aliphatic carbocycles. The van der Waals surface area contributed by atoms with Crippen molar-refractivity contribution in [1.29, 1.82) is 0 Å². The first-order chi connectivity index (χ1) is 12.9. The summed E-state index contributed by atoms with van der Waals surface area (Å²) in [5, 5.41) is 11.7. The van der Waals surface area contributed by atoms with Crippen LogP contribution in [0.4, 0.5) is 0 Å². The van der Waals surface area contributed by atoms with E-state index in [9.17, 15) is 14.4 Å². The van der Waals surface area contributed by atoms with Gasteiger partial charge in [-0.1, -0.05) is 12.1 Å². The monoisotopic (exact) mass is 381 g/mol. The summed E-state index contributed by atoms with van der Waals surface area (Å²) in [6, 6.07) is 9.80. The number of nitrogens with one attached hydrogen (secondary N) is 1. The summed E-state index contributed by atoms with van der Waals surface area (Å²) in [7, 11) is 0. The van der Waals surface area contributed by atoms with Gasteiger partial charge in [-0.15, -0.1) is 6.58 Å². The molecule has 0 bridgehead atoms. The number of aromatic carboxylic acids is 1. The molecule has 1 aliphatic heterocycles. The highest BCUT2D eigenvalue weighted by molar-refractivity contribution is 7.80. The topological polar surface area (TPSA) is 91.6 Å². The van der Waals surface area contributed by atoms with Crippen LogP contribution >= 0.6 is 12.2 Å². The summed E-state index contributed by atoms with van der Waals surface area (Å²) >= 11 is 5.03. The Hall–Kier alpha value is -3.52. The van der Waals surface area contributed by atoms with Crippen LogP contribution < -0.4 is 5.32 Å². The van der Waals surface area contributed by atoms with Crippen LogP contribution in [-0.2, 0) is 9.59 Å². The number of nitrogens with zero attached hydrogens (tertiary/aromatic N) is 2. The lowest BCUT2D eigenvalue weighted by atomic mass is 10.1. The van der Waals surface area contributed by atoms with Crippen LogP contribution in [-0.4, -0.2) is 44.0 Å². The van der Waals surface area contributed by atoms with Crippen LogP contribution in [0, 0.1) is 0 Å². The summed E-state index contributed by atoms with van der Waals surface area (Å²) < 4.78 is 1.69. The quantitative estimate of drug-likeness (QED) is 0.358. The molecule has 2 heterocycles. The minimum absolute atomic E-state index is 0.0339. The van der Waals surface area contributed by atoms with Gasteiger partial charge in [-0.05, 0) is 48.6 Å². The lowest BCUT2D eigenvalue weighted by molar-refractivity contribution is -0.128. The SMILES string of the molecule is C=CCN1C(=O)/C(=C/c2cccn2-c2cccc(C(=O)O)c2)C(=O)NC1=S. The van der Waals surface area contributed by atoms with Gasteiger partial charge in [-0.3, -0.25) is 19.8 Å². The Kier molecular flexibility index (Phi) is 5.00. The average Bonchev–Trinajstić information content (AvgIpc) is 3.10. The molecular formula is C19H15N3O4S. The molecule has 1 aliphatic rings. The smallest absolute Gasteiger partial charge is 0.335 e. The summed E-state index contributed by atoms with van der Waals surface area (Å²) in [6.45, 7) is 3.76. The van der Waals surface area contributed by atoms with Gasteiger partial charge in [0.25, 0.3) is 11.8 Å². The Morgan fingerprint density at radius 3 is 2.74 bits per heavy atom. The third kappa shape index (κ3) is 3.56. The lowest BCUT2D eigenvalue weighted by Crippen LogP contribution is -2.53. The van der Waals surface area contributed by atoms with Gasteiger partial charge < -0.3 is 9.67 Å². The molecular weight excluding hydrogens is 366 g/mol. The fraction of sp³-hybridized carbons (Fsp3) is 0.0526. The second kappa shape index (κ2) is 7.38. The number of carboxylic acids is 1. The molecule has 8 heteroatoms. The number of carboxylic acid groups (broad SMARTS) is 1. The predicted molar refractivity (Wildman–Crippen MR) is 103 cm³/mol. The summed E-state index contributed by atoms with van der Waals surface area (Å²) in [5.41, 5.74) is 1.20. The van der Waals surface area contributed by atoms with E-state index in [1.54, 1.807) is 35.0 Å². The summed E-state index contributed by atoms with van der Waals surface area (Å²) in [6.07, 6.45) is 4.67. The summed E-state index contributed by atoms with van der Waals surface area (Å²) in [4.78, 5) is 37.3. The Morgan fingerprint density at radius 1 is 1.26 bits per heavy atom. The first-order valence-corrected chi connectivity index (χ1v) is 8.34. The Labute approximate surface area is 160 Å². The van der Waals surface area contributed by atoms with Crippen molar-refractivity contribution < 1.29 is 19.5 Å². The molecule has 2 amide bonds.